The maximum atomic E-state index is 12.1. The fourth-order valence-electron chi connectivity index (χ4n) is 3.51. The molecule has 7 nitrogen and oxygen atoms in total. The van der Waals surface area contributed by atoms with Crippen molar-refractivity contribution in [2.24, 2.45) is 0 Å². The Labute approximate surface area is 203 Å². The molecule has 1 N–H and O–H groups in total. The maximum absolute atomic E-state index is 12.1. The molecular weight excluding hydrogens is 441 g/mol. The minimum atomic E-state index is -3.71. The summed E-state index contributed by atoms with van der Waals surface area (Å²) in [5.41, 5.74) is 0. The van der Waals surface area contributed by atoms with Crippen LogP contribution in [0.25, 0.3) is 0 Å². The minimum absolute atomic E-state index is 0.0597. The highest BCUT2D eigenvalue weighted by atomic mass is 31.2. The van der Waals surface area contributed by atoms with Crippen LogP contribution < -0.4 is 0 Å². The first-order chi connectivity index (χ1) is 15.7. The lowest BCUT2D eigenvalue weighted by Crippen LogP contribution is -2.37. The van der Waals surface area contributed by atoms with Crippen LogP contribution >= 0.6 is 7.60 Å². The number of carbonyl (C=O) groups is 1. The lowest BCUT2D eigenvalue weighted by molar-refractivity contribution is -0.867. The molecule has 0 spiro atoms. The second-order valence-electron chi connectivity index (χ2n) is 10.2. The van der Waals surface area contributed by atoms with Gasteiger partial charge in [0, 0.05) is 6.61 Å². The van der Waals surface area contributed by atoms with E-state index in [1.807, 2.05) is 21.1 Å². The van der Waals surface area contributed by atoms with Gasteiger partial charge in [0.1, 0.15) is 6.10 Å². The van der Waals surface area contributed by atoms with E-state index in [9.17, 15) is 14.3 Å². The SMILES string of the molecule is CCCCCCCCCCCCCCCCOCC(COP(=O)(O)CC[N+](C)(C)C)OC=O. The third kappa shape index (κ3) is 24.5. The van der Waals surface area contributed by atoms with Crippen LogP contribution in [0.1, 0.15) is 96.8 Å². The number of unbranched alkanes of at least 4 members (excludes halogenated alkanes) is 13. The minimum Gasteiger partial charge on any atom is -0.460 e. The second kappa shape index (κ2) is 20.9. The molecule has 0 saturated heterocycles. The molecule has 0 bridgehead atoms. The summed E-state index contributed by atoms with van der Waals surface area (Å²) < 4.78 is 28.4. The molecule has 33 heavy (non-hydrogen) atoms. The van der Waals surface area contributed by atoms with Crippen molar-refractivity contribution in [3.63, 3.8) is 0 Å². The molecule has 0 saturated carbocycles. The van der Waals surface area contributed by atoms with Crippen LogP contribution in [0, 0.1) is 0 Å². The Hall–Kier alpha value is -0.460. The van der Waals surface area contributed by atoms with Crippen LogP contribution in [0.15, 0.2) is 0 Å². The third-order valence-corrected chi connectivity index (χ3v) is 7.03. The summed E-state index contributed by atoms with van der Waals surface area (Å²) in [6, 6.07) is 0. The van der Waals surface area contributed by atoms with Crippen molar-refractivity contribution in [1.29, 1.82) is 0 Å². The normalized spacial score (nSPS) is 14.7. The van der Waals surface area contributed by atoms with Gasteiger partial charge in [0.05, 0.1) is 47.1 Å². The number of carbonyl (C=O) groups excluding carboxylic acids is 1. The zero-order chi connectivity index (χ0) is 24.8. The summed E-state index contributed by atoms with van der Waals surface area (Å²) in [4.78, 5) is 20.6. The Balaban J connectivity index is 3.64. The van der Waals surface area contributed by atoms with E-state index >= 15 is 0 Å². The number of ether oxygens (including phenoxy) is 2. The largest absolute Gasteiger partial charge is 0.460 e. The molecule has 198 valence electrons. The lowest BCUT2D eigenvalue weighted by Gasteiger charge is -2.25. The van der Waals surface area contributed by atoms with E-state index < -0.39 is 13.7 Å². The van der Waals surface area contributed by atoms with Gasteiger partial charge in [-0.3, -0.25) is 9.36 Å². The quantitative estimate of drug-likeness (QED) is 0.0733. The van der Waals surface area contributed by atoms with Gasteiger partial charge in [0.15, 0.2) is 0 Å². The van der Waals surface area contributed by atoms with Gasteiger partial charge in [-0.1, -0.05) is 90.4 Å². The van der Waals surface area contributed by atoms with Crippen LogP contribution in [-0.2, 0) is 23.4 Å². The number of hydrogen-bond donors (Lipinski definition) is 1. The number of nitrogens with zero attached hydrogens (tertiary/aromatic N) is 1. The van der Waals surface area contributed by atoms with Crippen LogP contribution in [0.4, 0.5) is 0 Å². The summed E-state index contributed by atoms with van der Waals surface area (Å²) in [5, 5.41) is 0. The molecule has 0 aromatic heterocycles. The van der Waals surface area contributed by atoms with Gasteiger partial charge in [-0.25, -0.2) is 0 Å². The highest BCUT2D eigenvalue weighted by molar-refractivity contribution is 7.52. The van der Waals surface area contributed by atoms with E-state index in [4.69, 9.17) is 14.0 Å². The van der Waals surface area contributed by atoms with E-state index in [0.717, 1.165) is 12.8 Å². The summed E-state index contributed by atoms with van der Waals surface area (Å²) >= 11 is 0. The predicted octanol–water partition coefficient (Wildman–Crippen LogP) is 5.93. The van der Waals surface area contributed by atoms with Gasteiger partial charge in [0.2, 0.25) is 0 Å². The Kier molecular flexibility index (Phi) is 20.6. The summed E-state index contributed by atoms with van der Waals surface area (Å²) in [7, 11) is 2.13. The first kappa shape index (κ1) is 32.5. The highest BCUT2D eigenvalue weighted by Gasteiger charge is 2.25. The predicted molar refractivity (Wildman–Crippen MR) is 136 cm³/mol. The van der Waals surface area contributed by atoms with Crippen molar-refractivity contribution >= 4 is 14.1 Å². The van der Waals surface area contributed by atoms with Gasteiger partial charge in [-0.05, 0) is 6.42 Å². The summed E-state index contributed by atoms with van der Waals surface area (Å²) in [6.07, 6.45) is 17.7. The molecule has 0 heterocycles. The number of quaternary nitrogens is 1. The number of hydrogen-bond acceptors (Lipinski definition) is 5. The standard InChI is InChI=1S/C25H52NO6P/c1-5-6-7-8-9-10-11-12-13-14-15-16-17-18-20-30-22-25(31-24-27)23-32-33(28,29)21-19-26(2,3)4/h24-25H,5-23H2,1-4H3/p+1. The van der Waals surface area contributed by atoms with Crippen molar-refractivity contribution in [1.82, 2.24) is 0 Å². The molecule has 0 fully saturated rings. The third-order valence-electron chi connectivity index (χ3n) is 5.71. The maximum Gasteiger partial charge on any atom is 0.333 e. The fourth-order valence-corrected chi connectivity index (χ4v) is 4.89. The molecular formula is C25H53NO6P+. The molecule has 2 atom stereocenters. The Morgan fingerprint density at radius 2 is 1.30 bits per heavy atom. The smallest absolute Gasteiger partial charge is 0.333 e. The van der Waals surface area contributed by atoms with E-state index in [2.05, 4.69) is 6.92 Å². The molecule has 0 aromatic carbocycles. The first-order valence-electron chi connectivity index (χ1n) is 13.1. The topological polar surface area (TPSA) is 82.1 Å². The Bertz CT molecular complexity index is 498. The molecule has 0 aliphatic rings. The van der Waals surface area contributed by atoms with Gasteiger partial charge < -0.3 is 23.4 Å². The van der Waals surface area contributed by atoms with Gasteiger partial charge in [-0.15, -0.1) is 0 Å². The fraction of sp³-hybridized carbons (Fsp3) is 0.960. The zero-order valence-electron chi connectivity index (χ0n) is 22.0. The monoisotopic (exact) mass is 494 g/mol. The van der Waals surface area contributed by atoms with E-state index in [1.54, 1.807) is 0 Å². The van der Waals surface area contributed by atoms with Crippen molar-refractivity contribution < 1.29 is 32.7 Å². The van der Waals surface area contributed by atoms with Gasteiger partial charge >= 0.3 is 7.60 Å². The van der Waals surface area contributed by atoms with E-state index in [1.165, 1.54) is 77.0 Å². The average molecular weight is 495 g/mol. The van der Waals surface area contributed by atoms with E-state index in [0.29, 0.717) is 24.1 Å². The van der Waals surface area contributed by atoms with Crippen LogP contribution in [-0.4, -0.2) is 75.6 Å². The molecule has 0 radical (unpaired) electrons. The molecule has 0 aromatic rings. The molecule has 0 rings (SSSR count). The first-order valence-corrected chi connectivity index (χ1v) is 14.9. The van der Waals surface area contributed by atoms with Crippen molar-refractivity contribution in [3.05, 3.63) is 0 Å². The summed E-state index contributed by atoms with van der Waals surface area (Å²) in [6.45, 7) is 3.74. The Morgan fingerprint density at radius 3 is 1.76 bits per heavy atom. The molecule has 0 aliphatic heterocycles. The van der Waals surface area contributed by atoms with Gasteiger partial charge in [0.25, 0.3) is 6.47 Å². The van der Waals surface area contributed by atoms with Crippen LogP contribution in [0.2, 0.25) is 0 Å². The number of rotatable bonds is 25. The second-order valence-corrected chi connectivity index (χ2v) is 12.2. The Morgan fingerprint density at radius 1 is 0.818 bits per heavy atom. The zero-order valence-corrected chi connectivity index (χ0v) is 22.9. The van der Waals surface area contributed by atoms with Crippen molar-refractivity contribution in [3.8, 4) is 0 Å². The van der Waals surface area contributed by atoms with E-state index in [-0.39, 0.29) is 19.4 Å². The van der Waals surface area contributed by atoms with Crippen LogP contribution in [0.5, 0.6) is 0 Å². The lowest BCUT2D eigenvalue weighted by atomic mass is 10.0. The van der Waals surface area contributed by atoms with Crippen LogP contribution in [0.3, 0.4) is 0 Å². The highest BCUT2D eigenvalue weighted by Crippen LogP contribution is 2.41. The molecule has 0 amide bonds. The average Bonchev–Trinajstić information content (AvgIpc) is 2.75. The molecule has 0 aliphatic carbocycles. The van der Waals surface area contributed by atoms with Crippen molar-refractivity contribution in [2.45, 2.75) is 103 Å². The molecule has 2 unspecified atom stereocenters. The summed E-state index contributed by atoms with van der Waals surface area (Å²) in [5.74, 6) is 0. The van der Waals surface area contributed by atoms with Gasteiger partial charge in [-0.2, -0.15) is 0 Å². The molecule has 8 heteroatoms. The van der Waals surface area contributed by atoms with Crippen molar-refractivity contribution in [2.75, 3.05) is 53.7 Å².